The first kappa shape index (κ1) is 13.2. The van der Waals surface area contributed by atoms with Crippen LogP contribution in [0.5, 0.6) is 0 Å². The molecule has 0 saturated carbocycles. The molecule has 0 heterocycles. The Kier molecular flexibility index (Phi) is 4.65. The maximum absolute atomic E-state index is 8.29. The van der Waals surface area contributed by atoms with Crippen molar-refractivity contribution in [2.75, 3.05) is 24.5 Å². The minimum atomic E-state index is 0.553. The number of benzene rings is 2. The average molecular weight is 254 g/mol. The van der Waals surface area contributed by atoms with Gasteiger partial charge in [-0.25, -0.2) is 0 Å². The first-order valence-electron chi connectivity index (χ1n) is 6.60. The van der Waals surface area contributed by atoms with Gasteiger partial charge in [0.25, 0.3) is 0 Å². The molecule has 2 aromatic rings. The summed E-state index contributed by atoms with van der Waals surface area (Å²) in [6.45, 7) is 4.56. The monoisotopic (exact) mass is 254 g/mol. The van der Waals surface area contributed by atoms with E-state index in [2.05, 4.69) is 64.3 Å². The van der Waals surface area contributed by atoms with Crippen molar-refractivity contribution < 1.29 is 0 Å². The molecule has 0 unspecified atom stereocenters. The maximum atomic E-state index is 8.29. The summed E-state index contributed by atoms with van der Waals surface area (Å²) in [7, 11) is 0. The van der Waals surface area contributed by atoms with Gasteiger partial charge >= 0.3 is 0 Å². The summed E-state index contributed by atoms with van der Waals surface area (Å²) in [6.07, 6.45) is 0.876. The molecule has 2 rings (SSSR count). The van der Waals surface area contributed by atoms with Gasteiger partial charge in [0.1, 0.15) is 0 Å². The van der Waals surface area contributed by atoms with Crippen LogP contribution in [-0.4, -0.2) is 19.6 Å². The number of hydrogen-bond donors (Lipinski definition) is 0. The Labute approximate surface area is 113 Å². The second-order valence-corrected chi connectivity index (χ2v) is 4.39. The van der Waals surface area contributed by atoms with Gasteiger partial charge in [-0.15, -0.1) is 0 Å². The fraction of sp³-hybridized carbons (Fsp3) is 0.333. The fourth-order valence-corrected chi connectivity index (χ4v) is 2.31. The molecule has 0 spiro atoms. The molecule has 4 nitrogen and oxygen atoms in total. The summed E-state index contributed by atoms with van der Waals surface area (Å²) in [6, 6.07) is 14.8. The van der Waals surface area contributed by atoms with E-state index in [0.29, 0.717) is 6.54 Å². The van der Waals surface area contributed by atoms with Gasteiger partial charge in [0.15, 0.2) is 0 Å². The summed E-state index contributed by atoms with van der Waals surface area (Å²) >= 11 is 0. The molecule has 0 N–H and O–H groups in total. The van der Waals surface area contributed by atoms with Gasteiger partial charge < -0.3 is 4.90 Å². The molecule has 0 radical (unpaired) electrons. The van der Waals surface area contributed by atoms with Crippen LogP contribution in [0.25, 0.3) is 21.2 Å². The van der Waals surface area contributed by atoms with Gasteiger partial charge in [-0.1, -0.05) is 41.5 Å². The Bertz CT molecular complexity index is 582. The highest BCUT2D eigenvalue weighted by Crippen LogP contribution is 2.26. The minimum Gasteiger partial charge on any atom is -0.371 e. The number of nitrogens with zero attached hydrogens (tertiary/aromatic N) is 4. The zero-order chi connectivity index (χ0) is 13.5. The van der Waals surface area contributed by atoms with Crippen LogP contribution in [0.4, 0.5) is 5.69 Å². The number of azide groups is 1. The standard InChI is InChI=1S/C15H18N4/c1-2-19(12-6-11-17-18-16)15-10-5-8-13-7-3-4-9-14(13)15/h3-5,7-10H,2,6,11-12H2,1H3. The van der Waals surface area contributed by atoms with Crippen molar-refractivity contribution in [3.05, 3.63) is 52.9 Å². The van der Waals surface area contributed by atoms with E-state index >= 15 is 0 Å². The van der Waals surface area contributed by atoms with E-state index in [1.807, 2.05) is 0 Å². The summed E-state index contributed by atoms with van der Waals surface area (Å²) in [5.41, 5.74) is 9.54. The fourth-order valence-electron chi connectivity index (χ4n) is 2.31. The van der Waals surface area contributed by atoms with Crippen molar-refractivity contribution in [3.63, 3.8) is 0 Å². The highest BCUT2D eigenvalue weighted by atomic mass is 15.1. The number of fused-ring (bicyclic) bond motifs is 1. The molecule has 0 atom stereocenters. The van der Waals surface area contributed by atoms with Crippen LogP contribution in [0.15, 0.2) is 47.6 Å². The molecule has 0 bridgehead atoms. The second kappa shape index (κ2) is 6.66. The average Bonchev–Trinajstić information content (AvgIpc) is 2.47. The molecule has 19 heavy (non-hydrogen) atoms. The summed E-state index contributed by atoms with van der Waals surface area (Å²) in [5.74, 6) is 0. The highest BCUT2D eigenvalue weighted by molar-refractivity contribution is 5.94. The molecule has 0 aromatic heterocycles. The van der Waals surface area contributed by atoms with Crippen LogP contribution in [-0.2, 0) is 0 Å². The van der Waals surface area contributed by atoms with Crippen molar-refractivity contribution in [1.82, 2.24) is 0 Å². The first-order valence-corrected chi connectivity index (χ1v) is 6.60. The molecule has 0 fully saturated rings. The normalized spacial score (nSPS) is 10.2. The van der Waals surface area contributed by atoms with E-state index in [-0.39, 0.29) is 0 Å². The van der Waals surface area contributed by atoms with Crippen LogP contribution in [0.3, 0.4) is 0 Å². The number of hydrogen-bond acceptors (Lipinski definition) is 2. The Hall–Kier alpha value is -2.19. The molecule has 98 valence electrons. The lowest BCUT2D eigenvalue weighted by Crippen LogP contribution is -2.24. The van der Waals surface area contributed by atoms with Gasteiger partial charge in [0.05, 0.1) is 0 Å². The van der Waals surface area contributed by atoms with E-state index in [9.17, 15) is 0 Å². The molecule has 2 aromatic carbocycles. The van der Waals surface area contributed by atoms with Crippen LogP contribution in [0.2, 0.25) is 0 Å². The Morgan fingerprint density at radius 2 is 1.95 bits per heavy atom. The first-order chi connectivity index (χ1) is 9.36. The van der Waals surface area contributed by atoms with Gasteiger partial charge in [-0.2, -0.15) is 0 Å². The van der Waals surface area contributed by atoms with Crippen LogP contribution in [0, 0.1) is 0 Å². The summed E-state index contributed by atoms with van der Waals surface area (Å²) in [4.78, 5) is 5.12. The quantitative estimate of drug-likeness (QED) is 0.327. The summed E-state index contributed by atoms with van der Waals surface area (Å²) in [5, 5.41) is 6.12. The number of rotatable bonds is 6. The van der Waals surface area contributed by atoms with Crippen molar-refractivity contribution in [2.24, 2.45) is 5.11 Å². The topological polar surface area (TPSA) is 52.0 Å². The maximum Gasteiger partial charge on any atom is 0.0445 e. The Balaban J connectivity index is 2.22. The zero-order valence-corrected chi connectivity index (χ0v) is 11.2. The van der Waals surface area contributed by atoms with E-state index in [0.717, 1.165) is 19.5 Å². The predicted molar refractivity (Wildman–Crippen MR) is 80.5 cm³/mol. The summed E-state index contributed by atoms with van der Waals surface area (Å²) < 4.78 is 0. The lowest BCUT2D eigenvalue weighted by atomic mass is 10.1. The van der Waals surface area contributed by atoms with Gasteiger partial charge in [-0.3, -0.25) is 0 Å². The molecule has 4 heteroatoms. The van der Waals surface area contributed by atoms with Gasteiger partial charge in [0, 0.05) is 35.6 Å². The third kappa shape index (κ3) is 3.18. The van der Waals surface area contributed by atoms with E-state index < -0.39 is 0 Å². The van der Waals surface area contributed by atoms with Crippen molar-refractivity contribution in [1.29, 1.82) is 0 Å². The molecule has 0 saturated heterocycles. The van der Waals surface area contributed by atoms with Crippen LogP contribution < -0.4 is 4.90 Å². The molecular weight excluding hydrogens is 236 g/mol. The highest BCUT2D eigenvalue weighted by Gasteiger charge is 2.07. The minimum absolute atomic E-state index is 0.553. The Morgan fingerprint density at radius 3 is 2.74 bits per heavy atom. The molecule has 0 amide bonds. The molecule has 0 aliphatic rings. The number of anilines is 1. The lowest BCUT2D eigenvalue weighted by molar-refractivity contribution is 0.754. The van der Waals surface area contributed by atoms with Crippen LogP contribution in [0.1, 0.15) is 13.3 Å². The third-order valence-electron chi connectivity index (χ3n) is 3.24. The SMILES string of the molecule is CCN(CCCN=[N+]=[N-])c1cccc2ccccc12. The van der Waals surface area contributed by atoms with Crippen molar-refractivity contribution >= 4 is 16.5 Å². The Morgan fingerprint density at radius 1 is 1.16 bits per heavy atom. The van der Waals surface area contributed by atoms with Gasteiger partial charge in [-0.05, 0) is 30.3 Å². The molecular formula is C15H18N4. The van der Waals surface area contributed by atoms with E-state index in [1.165, 1.54) is 16.5 Å². The lowest BCUT2D eigenvalue weighted by Gasteiger charge is -2.24. The van der Waals surface area contributed by atoms with Crippen molar-refractivity contribution in [3.8, 4) is 0 Å². The second-order valence-electron chi connectivity index (χ2n) is 4.39. The van der Waals surface area contributed by atoms with Crippen LogP contribution >= 0.6 is 0 Å². The van der Waals surface area contributed by atoms with E-state index in [1.54, 1.807) is 0 Å². The van der Waals surface area contributed by atoms with Crippen molar-refractivity contribution in [2.45, 2.75) is 13.3 Å². The predicted octanol–water partition coefficient (Wildman–Crippen LogP) is 4.37. The zero-order valence-electron chi connectivity index (χ0n) is 11.2. The van der Waals surface area contributed by atoms with Gasteiger partial charge in [0.2, 0.25) is 0 Å². The molecule has 0 aliphatic heterocycles. The largest absolute Gasteiger partial charge is 0.371 e. The molecule has 0 aliphatic carbocycles. The van der Waals surface area contributed by atoms with E-state index in [4.69, 9.17) is 5.53 Å². The third-order valence-corrected chi connectivity index (χ3v) is 3.24. The smallest absolute Gasteiger partial charge is 0.0445 e.